The van der Waals surface area contributed by atoms with Crippen molar-refractivity contribution in [3.05, 3.63) is 35.9 Å². The summed E-state index contributed by atoms with van der Waals surface area (Å²) >= 11 is 0. The summed E-state index contributed by atoms with van der Waals surface area (Å²) in [5.74, 6) is -0.875. The minimum Gasteiger partial charge on any atom is -0.480 e. The zero-order valence-electron chi connectivity index (χ0n) is 11.8. The molecular weight excluding hydrogens is 272 g/mol. The third kappa shape index (κ3) is 4.46. The fourth-order valence-corrected chi connectivity index (χ4v) is 2.46. The normalized spacial score (nSPS) is 19.3. The van der Waals surface area contributed by atoms with Gasteiger partial charge in [-0.2, -0.15) is 0 Å². The largest absolute Gasteiger partial charge is 0.480 e. The molecule has 0 radical (unpaired) electrons. The number of benzene rings is 1. The zero-order valence-corrected chi connectivity index (χ0v) is 11.8. The summed E-state index contributed by atoms with van der Waals surface area (Å²) in [6.07, 6.45) is 0.796. The summed E-state index contributed by atoms with van der Waals surface area (Å²) in [6.45, 7) is 1.34. The van der Waals surface area contributed by atoms with Gasteiger partial charge in [0.25, 0.3) is 0 Å². The molecule has 0 spiro atoms. The number of aliphatic carboxylic acids is 1. The quantitative estimate of drug-likeness (QED) is 0.856. The molecule has 1 amide bonds. The van der Waals surface area contributed by atoms with E-state index in [1.54, 1.807) is 4.90 Å². The minimum atomic E-state index is -1.000. The Morgan fingerprint density at radius 2 is 2.10 bits per heavy atom. The van der Waals surface area contributed by atoms with Crippen LogP contribution in [0.5, 0.6) is 0 Å². The fourth-order valence-electron chi connectivity index (χ4n) is 2.46. The summed E-state index contributed by atoms with van der Waals surface area (Å²) in [7, 11) is 0. The van der Waals surface area contributed by atoms with E-state index in [1.807, 2.05) is 30.3 Å². The molecule has 1 aromatic rings. The van der Waals surface area contributed by atoms with Gasteiger partial charge in [0, 0.05) is 13.1 Å². The SMILES string of the molecule is N[C@H](C[C@H]1CCN(C(=O)OCc2ccccc2)C1)C(=O)O. The number of carboxylic acids is 1. The number of carbonyl (C=O) groups is 2. The van der Waals surface area contributed by atoms with Crippen molar-refractivity contribution in [1.82, 2.24) is 4.90 Å². The van der Waals surface area contributed by atoms with E-state index in [9.17, 15) is 9.59 Å². The van der Waals surface area contributed by atoms with E-state index in [0.29, 0.717) is 19.5 Å². The van der Waals surface area contributed by atoms with E-state index in [-0.39, 0.29) is 18.6 Å². The summed E-state index contributed by atoms with van der Waals surface area (Å²) in [5.41, 5.74) is 6.46. The first-order chi connectivity index (χ1) is 10.1. The topological polar surface area (TPSA) is 92.9 Å². The van der Waals surface area contributed by atoms with E-state index < -0.39 is 12.0 Å². The van der Waals surface area contributed by atoms with Gasteiger partial charge in [0.1, 0.15) is 12.6 Å². The summed E-state index contributed by atoms with van der Waals surface area (Å²) < 4.78 is 5.25. The first kappa shape index (κ1) is 15.3. The van der Waals surface area contributed by atoms with Crippen LogP contribution in [0.4, 0.5) is 4.79 Å². The number of carboxylic acid groups (broad SMARTS) is 1. The number of amides is 1. The molecule has 1 heterocycles. The minimum absolute atomic E-state index is 0.125. The molecule has 0 unspecified atom stereocenters. The van der Waals surface area contributed by atoms with Gasteiger partial charge in [0.05, 0.1) is 0 Å². The lowest BCUT2D eigenvalue weighted by atomic mass is 10.00. The highest BCUT2D eigenvalue weighted by molar-refractivity contribution is 5.73. The molecule has 2 rings (SSSR count). The highest BCUT2D eigenvalue weighted by Gasteiger charge is 2.29. The summed E-state index contributed by atoms with van der Waals surface area (Å²) in [5, 5.41) is 8.80. The Balaban J connectivity index is 1.76. The highest BCUT2D eigenvalue weighted by Crippen LogP contribution is 2.21. The van der Waals surface area contributed by atoms with Crippen molar-refractivity contribution >= 4 is 12.1 Å². The molecule has 0 aliphatic carbocycles. The molecule has 1 aliphatic heterocycles. The Labute approximate surface area is 123 Å². The van der Waals surface area contributed by atoms with E-state index >= 15 is 0 Å². The molecule has 1 aromatic carbocycles. The maximum Gasteiger partial charge on any atom is 0.410 e. The van der Waals surface area contributed by atoms with Crippen molar-refractivity contribution in [2.24, 2.45) is 11.7 Å². The van der Waals surface area contributed by atoms with Gasteiger partial charge in [-0.1, -0.05) is 30.3 Å². The van der Waals surface area contributed by atoms with Crippen molar-refractivity contribution < 1.29 is 19.4 Å². The van der Waals surface area contributed by atoms with E-state index in [0.717, 1.165) is 12.0 Å². The summed E-state index contributed by atoms with van der Waals surface area (Å²) in [4.78, 5) is 24.3. The molecule has 1 aliphatic rings. The van der Waals surface area contributed by atoms with Crippen LogP contribution in [-0.2, 0) is 16.1 Å². The van der Waals surface area contributed by atoms with Gasteiger partial charge in [0.15, 0.2) is 0 Å². The first-order valence-electron chi connectivity index (χ1n) is 7.00. The predicted octanol–water partition coefficient (Wildman–Crippen LogP) is 1.45. The second-order valence-corrected chi connectivity index (χ2v) is 5.32. The molecular formula is C15H20N2O4. The van der Waals surface area contributed by atoms with E-state index in [2.05, 4.69) is 0 Å². The Hall–Kier alpha value is -2.08. The molecule has 1 fully saturated rings. The Morgan fingerprint density at radius 3 is 2.76 bits per heavy atom. The van der Waals surface area contributed by atoms with Gasteiger partial charge < -0.3 is 20.5 Å². The van der Waals surface area contributed by atoms with Crippen molar-refractivity contribution in [3.63, 3.8) is 0 Å². The predicted molar refractivity (Wildman–Crippen MR) is 76.5 cm³/mol. The zero-order chi connectivity index (χ0) is 15.2. The number of carbonyl (C=O) groups excluding carboxylic acids is 1. The number of nitrogens with two attached hydrogens (primary N) is 1. The first-order valence-corrected chi connectivity index (χ1v) is 7.00. The van der Waals surface area contributed by atoms with Gasteiger partial charge in [-0.3, -0.25) is 4.79 Å². The van der Waals surface area contributed by atoms with Crippen LogP contribution < -0.4 is 5.73 Å². The third-order valence-corrected chi connectivity index (χ3v) is 3.65. The van der Waals surface area contributed by atoms with Gasteiger partial charge in [-0.05, 0) is 24.3 Å². The van der Waals surface area contributed by atoms with Crippen LogP contribution in [0.15, 0.2) is 30.3 Å². The number of hydrogen-bond donors (Lipinski definition) is 2. The van der Waals surface area contributed by atoms with Crippen LogP contribution in [0.25, 0.3) is 0 Å². The molecule has 3 N–H and O–H groups in total. The number of likely N-dealkylation sites (tertiary alicyclic amines) is 1. The van der Waals surface area contributed by atoms with E-state index in [4.69, 9.17) is 15.6 Å². The molecule has 114 valence electrons. The fraction of sp³-hybridized carbons (Fsp3) is 0.467. The smallest absolute Gasteiger partial charge is 0.410 e. The lowest BCUT2D eigenvalue weighted by Gasteiger charge is -2.17. The van der Waals surface area contributed by atoms with Gasteiger partial charge in [-0.25, -0.2) is 4.79 Å². The maximum absolute atomic E-state index is 11.9. The number of hydrogen-bond acceptors (Lipinski definition) is 4. The van der Waals surface area contributed by atoms with Gasteiger partial charge in [-0.15, -0.1) is 0 Å². The number of ether oxygens (including phenoxy) is 1. The molecule has 1 saturated heterocycles. The van der Waals surface area contributed by atoms with Crippen LogP contribution in [0.3, 0.4) is 0 Å². The highest BCUT2D eigenvalue weighted by atomic mass is 16.6. The Bertz CT molecular complexity index is 492. The molecule has 21 heavy (non-hydrogen) atoms. The van der Waals surface area contributed by atoms with Crippen LogP contribution in [-0.4, -0.2) is 41.2 Å². The van der Waals surface area contributed by atoms with Crippen molar-refractivity contribution in [2.45, 2.75) is 25.5 Å². The lowest BCUT2D eigenvalue weighted by molar-refractivity contribution is -0.138. The van der Waals surface area contributed by atoms with E-state index in [1.165, 1.54) is 0 Å². The molecule has 0 aromatic heterocycles. The van der Waals surface area contributed by atoms with Crippen LogP contribution in [0.2, 0.25) is 0 Å². The van der Waals surface area contributed by atoms with Crippen molar-refractivity contribution in [3.8, 4) is 0 Å². The summed E-state index contributed by atoms with van der Waals surface area (Å²) in [6, 6.07) is 8.61. The Kier molecular flexibility index (Phi) is 5.16. The van der Waals surface area contributed by atoms with Crippen LogP contribution in [0, 0.1) is 5.92 Å². The third-order valence-electron chi connectivity index (χ3n) is 3.65. The molecule has 0 bridgehead atoms. The molecule has 2 atom stereocenters. The second kappa shape index (κ2) is 7.08. The monoisotopic (exact) mass is 292 g/mol. The average Bonchev–Trinajstić information content (AvgIpc) is 2.94. The number of rotatable bonds is 5. The second-order valence-electron chi connectivity index (χ2n) is 5.32. The average molecular weight is 292 g/mol. The van der Waals surface area contributed by atoms with Crippen LogP contribution in [0.1, 0.15) is 18.4 Å². The maximum atomic E-state index is 11.9. The van der Waals surface area contributed by atoms with Crippen molar-refractivity contribution in [2.75, 3.05) is 13.1 Å². The standard InChI is InChI=1S/C15H20N2O4/c16-13(14(18)19)8-12-6-7-17(9-12)15(20)21-10-11-4-2-1-3-5-11/h1-5,12-13H,6-10,16H2,(H,18,19)/t12-,13-/m1/s1. The Morgan fingerprint density at radius 1 is 1.38 bits per heavy atom. The van der Waals surface area contributed by atoms with Crippen LogP contribution >= 0.6 is 0 Å². The van der Waals surface area contributed by atoms with Gasteiger partial charge >= 0.3 is 12.1 Å². The molecule has 0 saturated carbocycles. The molecule has 6 heteroatoms. The number of nitrogens with zero attached hydrogens (tertiary/aromatic N) is 1. The lowest BCUT2D eigenvalue weighted by Crippen LogP contribution is -2.34. The molecule has 6 nitrogen and oxygen atoms in total. The van der Waals surface area contributed by atoms with Crippen molar-refractivity contribution in [1.29, 1.82) is 0 Å². The van der Waals surface area contributed by atoms with Gasteiger partial charge in [0.2, 0.25) is 0 Å².